The van der Waals surface area contributed by atoms with Gasteiger partial charge in [0.15, 0.2) is 0 Å². The lowest BCUT2D eigenvalue weighted by molar-refractivity contribution is -0.845. The lowest BCUT2D eigenvalue weighted by Crippen LogP contribution is -2.34. The summed E-state index contributed by atoms with van der Waals surface area (Å²) in [7, 11) is 9.75. The molecule has 1 rings (SSSR count). The van der Waals surface area contributed by atoms with Gasteiger partial charge in [-0.15, -0.1) is 0 Å². The number of nitrogens with zero attached hydrogens (tertiary/aromatic N) is 2. The summed E-state index contributed by atoms with van der Waals surface area (Å²) < 4.78 is 0.492. The van der Waals surface area contributed by atoms with E-state index in [0.29, 0.717) is 4.48 Å². The third-order valence-electron chi connectivity index (χ3n) is 1.86. The van der Waals surface area contributed by atoms with E-state index in [1.807, 2.05) is 21.0 Å². The smallest absolute Gasteiger partial charge is 0.206 e. The first-order valence-electron chi connectivity index (χ1n) is 4.09. The summed E-state index contributed by atoms with van der Waals surface area (Å²) >= 11 is 0. The number of imidazole rings is 1. The maximum atomic E-state index is 5.80. The second-order valence-corrected chi connectivity index (χ2v) is 3.73. The lowest BCUT2D eigenvalue weighted by atomic mass is 10.2. The number of aromatic amines is 1. The molecule has 0 amide bonds. The lowest BCUT2D eigenvalue weighted by Gasteiger charge is -2.21. The van der Waals surface area contributed by atoms with Crippen LogP contribution in [0.15, 0.2) is 6.33 Å². The summed E-state index contributed by atoms with van der Waals surface area (Å²) in [6.07, 6.45) is 2.65. The van der Waals surface area contributed by atoms with Crippen LogP contribution >= 0.6 is 0 Å². The largest absolute Gasteiger partial charge is 0.348 e. The van der Waals surface area contributed by atoms with Gasteiger partial charge >= 0.3 is 0 Å². The molecule has 0 spiro atoms. The Labute approximate surface area is 74.0 Å². The van der Waals surface area contributed by atoms with Crippen molar-refractivity contribution in [3.63, 3.8) is 0 Å². The molecule has 0 atom stereocenters. The first kappa shape index (κ1) is 9.26. The van der Waals surface area contributed by atoms with Gasteiger partial charge in [-0.1, -0.05) is 0 Å². The Morgan fingerprint density at radius 1 is 1.58 bits per heavy atom. The minimum absolute atomic E-state index is 0.492. The SMILES string of the molecule is [CH][N+](C)(C)CCc1nc[nH]c1C. The van der Waals surface area contributed by atoms with Crippen LogP contribution < -0.4 is 0 Å². The van der Waals surface area contributed by atoms with E-state index in [-0.39, 0.29) is 0 Å². The predicted octanol–water partition coefficient (Wildman–Crippen LogP) is 1.01. The number of hydrogen-bond acceptors (Lipinski definition) is 1. The van der Waals surface area contributed by atoms with Gasteiger partial charge in [0.05, 0.1) is 32.7 Å². The van der Waals surface area contributed by atoms with Crippen LogP contribution in [-0.2, 0) is 6.42 Å². The normalized spacial score (nSPS) is 12.0. The zero-order valence-electron chi connectivity index (χ0n) is 7.96. The van der Waals surface area contributed by atoms with Crippen molar-refractivity contribution in [3.8, 4) is 0 Å². The minimum Gasteiger partial charge on any atom is -0.348 e. The van der Waals surface area contributed by atoms with Crippen LogP contribution in [0, 0.1) is 14.0 Å². The first-order valence-corrected chi connectivity index (χ1v) is 4.09. The van der Waals surface area contributed by atoms with Crippen LogP contribution in [0.2, 0.25) is 0 Å². The summed E-state index contributed by atoms with van der Waals surface area (Å²) in [4.78, 5) is 7.24. The molecule has 0 fully saturated rings. The summed E-state index contributed by atoms with van der Waals surface area (Å²) in [6.45, 7) is 2.94. The molecule has 3 heteroatoms. The number of H-pyrrole nitrogens is 1. The summed E-state index contributed by atoms with van der Waals surface area (Å²) in [6, 6.07) is 0. The van der Waals surface area contributed by atoms with Crippen LogP contribution in [-0.4, -0.2) is 35.1 Å². The van der Waals surface area contributed by atoms with Crippen molar-refractivity contribution in [1.29, 1.82) is 0 Å². The van der Waals surface area contributed by atoms with Gasteiger partial charge in [0.25, 0.3) is 0 Å². The van der Waals surface area contributed by atoms with Gasteiger partial charge < -0.3 is 9.47 Å². The van der Waals surface area contributed by atoms with Crippen molar-refractivity contribution in [2.24, 2.45) is 0 Å². The quantitative estimate of drug-likeness (QED) is 0.667. The topological polar surface area (TPSA) is 28.7 Å². The van der Waals surface area contributed by atoms with E-state index in [9.17, 15) is 0 Å². The zero-order valence-corrected chi connectivity index (χ0v) is 7.96. The van der Waals surface area contributed by atoms with E-state index in [0.717, 1.165) is 24.4 Å². The van der Waals surface area contributed by atoms with Crippen molar-refractivity contribution in [2.45, 2.75) is 13.3 Å². The van der Waals surface area contributed by atoms with Crippen molar-refractivity contribution in [1.82, 2.24) is 9.97 Å². The molecular formula is C9H16N3+. The highest BCUT2D eigenvalue weighted by atomic mass is 15.3. The third-order valence-corrected chi connectivity index (χ3v) is 1.86. The highest BCUT2D eigenvalue weighted by Gasteiger charge is 2.10. The number of quaternary nitrogens is 1. The fourth-order valence-electron chi connectivity index (χ4n) is 1.03. The van der Waals surface area contributed by atoms with Crippen LogP contribution in [0.3, 0.4) is 0 Å². The number of nitrogens with one attached hydrogen (secondary N) is 1. The van der Waals surface area contributed by atoms with Crippen LogP contribution in [0.1, 0.15) is 11.4 Å². The van der Waals surface area contributed by atoms with Gasteiger partial charge in [0.1, 0.15) is 0 Å². The predicted molar refractivity (Wildman–Crippen MR) is 48.3 cm³/mol. The number of aromatic nitrogens is 2. The van der Waals surface area contributed by atoms with E-state index in [4.69, 9.17) is 7.05 Å². The molecule has 0 aliphatic carbocycles. The van der Waals surface area contributed by atoms with Gasteiger partial charge in [-0.25, -0.2) is 4.98 Å². The van der Waals surface area contributed by atoms with Gasteiger partial charge in [-0.3, -0.25) is 0 Å². The van der Waals surface area contributed by atoms with Crippen molar-refractivity contribution in [3.05, 3.63) is 24.8 Å². The van der Waals surface area contributed by atoms with Crippen LogP contribution in [0.5, 0.6) is 0 Å². The first-order chi connectivity index (χ1) is 5.49. The zero-order chi connectivity index (χ0) is 9.19. The van der Waals surface area contributed by atoms with Crippen LogP contribution in [0.4, 0.5) is 0 Å². The van der Waals surface area contributed by atoms with E-state index < -0.39 is 0 Å². The molecule has 0 unspecified atom stereocenters. The fraction of sp³-hybridized carbons (Fsp3) is 0.556. The van der Waals surface area contributed by atoms with E-state index in [2.05, 4.69) is 9.97 Å². The highest BCUT2D eigenvalue weighted by molar-refractivity contribution is 5.08. The maximum absolute atomic E-state index is 5.80. The Hall–Kier alpha value is -0.830. The Kier molecular flexibility index (Phi) is 2.52. The summed E-state index contributed by atoms with van der Waals surface area (Å²) in [5.74, 6) is 0. The molecule has 0 saturated carbocycles. The molecule has 2 radical (unpaired) electrons. The third kappa shape index (κ3) is 2.66. The number of likely N-dealkylation sites (N-methyl/N-ethyl adjacent to an activating group) is 1. The molecule has 1 aromatic heterocycles. The molecule has 0 aliphatic rings. The fourth-order valence-corrected chi connectivity index (χ4v) is 1.03. The molecule has 12 heavy (non-hydrogen) atoms. The minimum atomic E-state index is 0.492. The molecule has 0 saturated heterocycles. The Morgan fingerprint density at radius 3 is 2.67 bits per heavy atom. The standard InChI is InChI=1S/C9H16N3/c1-8-9(11-7-10-8)5-6-12(2,3)4/h2,7H,5-6H2,1,3-4H3,(H,10,11)/q+1. The van der Waals surface area contributed by atoms with Gasteiger partial charge in [-0.05, 0) is 6.92 Å². The monoisotopic (exact) mass is 166 g/mol. The van der Waals surface area contributed by atoms with Crippen molar-refractivity contribution < 1.29 is 4.48 Å². The van der Waals surface area contributed by atoms with Gasteiger partial charge in [-0.2, -0.15) is 0 Å². The molecule has 0 aromatic carbocycles. The molecule has 0 aliphatic heterocycles. The molecule has 1 aromatic rings. The van der Waals surface area contributed by atoms with Gasteiger partial charge in [0, 0.05) is 12.1 Å². The maximum Gasteiger partial charge on any atom is 0.206 e. The Bertz CT molecular complexity index is 245. The van der Waals surface area contributed by atoms with E-state index in [1.54, 1.807) is 6.33 Å². The summed E-state index contributed by atoms with van der Waals surface area (Å²) in [5, 5.41) is 0. The van der Waals surface area contributed by atoms with Crippen molar-refractivity contribution >= 4 is 0 Å². The number of rotatable bonds is 3. The van der Waals surface area contributed by atoms with E-state index in [1.165, 1.54) is 0 Å². The average molecular weight is 166 g/mol. The Morgan fingerprint density at radius 2 is 2.25 bits per heavy atom. The molecule has 1 N–H and O–H groups in total. The second-order valence-electron chi connectivity index (χ2n) is 3.73. The van der Waals surface area contributed by atoms with Crippen LogP contribution in [0.25, 0.3) is 0 Å². The van der Waals surface area contributed by atoms with E-state index >= 15 is 0 Å². The van der Waals surface area contributed by atoms with Crippen molar-refractivity contribution in [2.75, 3.05) is 20.6 Å². The highest BCUT2D eigenvalue weighted by Crippen LogP contribution is 2.04. The second kappa shape index (κ2) is 3.27. The molecule has 3 nitrogen and oxygen atoms in total. The Balaban J connectivity index is 2.49. The average Bonchev–Trinajstić information content (AvgIpc) is 2.29. The molecule has 0 bridgehead atoms. The molecule has 66 valence electrons. The molecular weight excluding hydrogens is 150 g/mol. The van der Waals surface area contributed by atoms with Gasteiger partial charge in [0.2, 0.25) is 7.05 Å². The number of aryl methyl sites for hydroxylation is 1. The number of hydrogen-bond donors (Lipinski definition) is 1. The molecule has 1 heterocycles. The summed E-state index contributed by atoms with van der Waals surface area (Å²) in [5.41, 5.74) is 2.26.